The van der Waals surface area contributed by atoms with E-state index in [0.717, 1.165) is 0 Å². The summed E-state index contributed by atoms with van der Waals surface area (Å²) < 4.78 is 23.8. The Balaban J connectivity index is 1.79. The van der Waals surface area contributed by atoms with Gasteiger partial charge in [0, 0.05) is 17.4 Å². The molecule has 1 aliphatic heterocycles. The molecule has 0 spiro atoms. The summed E-state index contributed by atoms with van der Waals surface area (Å²) in [5, 5.41) is 13.9. The molecule has 1 saturated heterocycles. The third-order valence-corrected chi connectivity index (χ3v) is 6.53. The van der Waals surface area contributed by atoms with Gasteiger partial charge in [0.05, 0.1) is 29.0 Å². The second kappa shape index (κ2) is 8.15. The first kappa shape index (κ1) is 20.1. The number of hydrogen-bond donors (Lipinski definition) is 1. The average molecular weight is 424 g/mol. The number of carbonyl (C=O) groups is 1. The normalized spacial score (nSPS) is 17.8. The van der Waals surface area contributed by atoms with Gasteiger partial charge in [-0.15, -0.1) is 0 Å². The summed E-state index contributed by atoms with van der Waals surface area (Å²) in [6.07, 6.45) is 0.370. The number of anilines is 2. The van der Waals surface area contributed by atoms with Crippen molar-refractivity contribution in [1.29, 1.82) is 0 Å². The van der Waals surface area contributed by atoms with E-state index in [2.05, 4.69) is 5.32 Å². The van der Waals surface area contributed by atoms with E-state index >= 15 is 0 Å². The number of hydrogen-bond acceptors (Lipinski definition) is 6. The molecule has 0 aromatic heterocycles. The number of rotatable bonds is 6. The van der Waals surface area contributed by atoms with E-state index in [9.17, 15) is 23.3 Å². The number of halogens is 1. The fourth-order valence-corrected chi connectivity index (χ4v) is 5.04. The molecule has 2 aromatic carbocycles. The van der Waals surface area contributed by atoms with E-state index in [0.29, 0.717) is 17.8 Å². The zero-order valence-corrected chi connectivity index (χ0v) is 16.3. The molecule has 1 aliphatic rings. The van der Waals surface area contributed by atoms with Gasteiger partial charge in [0.15, 0.2) is 9.84 Å². The fourth-order valence-electron chi connectivity index (χ4n) is 3.15. The minimum absolute atomic E-state index is 0.00366. The van der Waals surface area contributed by atoms with Gasteiger partial charge >= 0.3 is 0 Å². The summed E-state index contributed by atoms with van der Waals surface area (Å²) in [6, 6.07) is 12.6. The fraction of sp³-hybridized carbons (Fsp3) is 0.278. The molecule has 1 fully saturated rings. The number of carbonyl (C=O) groups excluding carboxylic acids is 1. The van der Waals surface area contributed by atoms with Crippen LogP contribution in [0, 0.1) is 10.1 Å². The van der Waals surface area contributed by atoms with Crippen molar-refractivity contribution >= 4 is 44.4 Å². The van der Waals surface area contributed by atoms with E-state index in [4.69, 9.17) is 11.6 Å². The Hall–Kier alpha value is -2.65. The molecule has 2 aromatic rings. The van der Waals surface area contributed by atoms with Crippen molar-refractivity contribution in [2.24, 2.45) is 0 Å². The van der Waals surface area contributed by atoms with Crippen LogP contribution in [-0.4, -0.2) is 43.3 Å². The number of nitro groups is 1. The van der Waals surface area contributed by atoms with Gasteiger partial charge in [-0.2, -0.15) is 0 Å². The van der Waals surface area contributed by atoms with Crippen molar-refractivity contribution in [3.05, 3.63) is 63.7 Å². The van der Waals surface area contributed by atoms with Crippen LogP contribution in [0.1, 0.15) is 6.42 Å². The van der Waals surface area contributed by atoms with E-state index in [-0.39, 0.29) is 34.7 Å². The SMILES string of the molecule is O=C(CNc1ccc(Cl)c([N+](=O)[O-])c1)N(c1ccccc1)C1CCS(=O)(=O)C1. The highest BCUT2D eigenvalue weighted by Gasteiger charge is 2.35. The molecular weight excluding hydrogens is 406 g/mol. The topological polar surface area (TPSA) is 110 Å². The summed E-state index contributed by atoms with van der Waals surface area (Å²) in [5.74, 6) is -0.364. The van der Waals surface area contributed by atoms with Crippen molar-refractivity contribution < 1.29 is 18.1 Å². The Morgan fingerprint density at radius 3 is 2.57 bits per heavy atom. The Labute approximate surface area is 167 Å². The minimum Gasteiger partial charge on any atom is -0.376 e. The van der Waals surface area contributed by atoms with Gasteiger partial charge in [0.2, 0.25) is 5.91 Å². The van der Waals surface area contributed by atoms with Gasteiger partial charge in [-0.1, -0.05) is 29.8 Å². The molecule has 1 atom stereocenters. The zero-order valence-electron chi connectivity index (χ0n) is 14.7. The van der Waals surface area contributed by atoms with E-state index in [1.807, 2.05) is 6.07 Å². The van der Waals surface area contributed by atoms with Crippen LogP contribution in [0.5, 0.6) is 0 Å². The summed E-state index contributed by atoms with van der Waals surface area (Å²) in [6.45, 7) is -0.149. The van der Waals surface area contributed by atoms with Gasteiger partial charge in [-0.3, -0.25) is 14.9 Å². The van der Waals surface area contributed by atoms with Crippen molar-refractivity contribution in [2.75, 3.05) is 28.3 Å². The second-order valence-electron chi connectivity index (χ2n) is 6.43. The summed E-state index contributed by atoms with van der Waals surface area (Å²) in [5.41, 5.74) is 0.718. The molecule has 0 aliphatic carbocycles. The number of nitro benzene ring substituents is 1. The first-order valence-electron chi connectivity index (χ1n) is 8.52. The Morgan fingerprint density at radius 2 is 1.96 bits per heavy atom. The van der Waals surface area contributed by atoms with Crippen molar-refractivity contribution in [2.45, 2.75) is 12.5 Å². The molecule has 10 heteroatoms. The lowest BCUT2D eigenvalue weighted by Crippen LogP contribution is -2.44. The van der Waals surface area contributed by atoms with Gasteiger partial charge in [0.25, 0.3) is 5.69 Å². The molecule has 1 amide bonds. The molecule has 0 bridgehead atoms. The third-order valence-electron chi connectivity index (χ3n) is 4.46. The van der Waals surface area contributed by atoms with Gasteiger partial charge < -0.3 is 10.2 Å². The zero-order chi connectivity index (χ0) is 20.3. The molecule has 28 heavy (non-hydrogen) atoms. The van der Waals surface area contributed by atoms with Crippen LogP contribution in [0.3, 0.4) is 0 Å². The average Bonchev–Trinajstić information content (AvgIpc) is 3.01. The standard InChI is InChI=1S/C18H18ClN3O5S/c19-16-7-6-13(10-17(16)22(24)25)20-11-18(23)21(14-4-2-1-3-5-14)15-8-9-28(26,27)12-15/h1-7,10,15,20H,8-9,11-12H2. The minimum atomic E-state index is -3.17. The molecule has 0 saturated carbocycles. The number of sulfone groups is 1. The van der Waals surface area contributed by atoms with E-state index in [1.165, 1.54) is 23.1 Å². The summed E-state index contributed by atoms with van der Waals surface area (Å²) in [7, 11) is -3.17. The Bertz CT molecular complexity index is 998. The number of benzene rings is 2. The maximum Gasteiger partial charge on any atom is 0.289 e. The lowest BCUT2D eigenvalue weighted by molar-refractivity contribution is -0.384. The van der Waals surface area contributed by atoms with Crippen LogP contribution in [0.25, 0.3) is 0 Å². The molecule has 1 unspecified atom stereocenters. The predicted octanol–water partition coefficient (Wildman–Crippen LogP) is 2.88. The number of nitrogens with zero attached hydrogens (tertiary/aromatic N) is 2. The smallest absolute Gasteiger partial charge is 0.289 e. The van der Waals surface area contributed by atoms with E-state index < -0.39 is 20.8 Å². The van der Waals surface area contributed by atoms with Crippen molar-refractivity contribution in [1.82, 2.24) is 0 Å². The predicted molar refractivity (Wildman–Crippen MR) is 108 cm³/mol. The molecule has 8 nitrogen and oxygen atoms in total. The van der Waals surface area contributed by atoms with Crippen LogP contribution in [0.15, 0.2) is 48.5 Å². The second-order valence-corrected chi connectivity index (χ2v) is 9.07. The van der Waals surface area contributed by atoms with Gasteiger partial charge in [-0.05, 0) is 30.7 Å². The molecule has 1 heterocycles. The first-order chi connectivity index (χ1) is 13.3. The van der Waals surface area contributed by atoms with Crippen LogP contribution in [-0.2, 0) is 14.6 Å². The Morgan fingerprint density at radius 1 is 1.25 bits per heavy atom. The largest absolute Gasteiger partial charge is 0.376 e. The molecule has 1 N–H and O–H groups in total. The maximum absolute atomic E-state index is 12.9. The summed E-state index contributed by atoms with van der Waals surface area (Å²) >= 11 is 5.80. The van der Waals surface area contributed by atoms with E-state index in [1.54, 1.807) is 24.3 Å². The monoisotopic (exact) mass is 423 g/mol. The van der Waals surface area contributed by atoms with Crippen LogP contribution in [0.4, 0.5) is 17.1 Å². The van der Waals surface area contributed by atoms with Gasteiger partial charge in [0.1, 0.15) is 5.02 Å². The third kappa shape index (κ3) is 4.60. The number of nitrogens with one attached hydrogen (secondary N) is 1. The molecular formula is C18H18ClN3O5S. The Kier molecular flexibility index (Phi) is 5.85. The first-order valence-corrected chi connectivity index (χ1v) is 10.7. The van der Waals surface area contributed by atoms with Crippen LogP contribution in [0.2, 0.25) is 5.02 Å². The lowest BCUT2D eigenvalue weighted by Gasteiger charge is -2.28. The number of para-hydroxylation sites is 1. The highest BCUT2D eigenvalue weighted by molar-refractivity contribution is 7.91. The van der Waals surface area contributed by atoms with Crippen LogP contribution >= 0.6 is 11.6 Å². The number of amides is 1. The van der Waals surface area contributed by atoms with Crippen molar-refractivity contribution in [3.8, 4) is 0 Å². The maximum atomic E-state index is 12.9. The highest BCUT2D eigenvalue weighted by atomic mass is 35.5. The quantitative estimate of drug-likeness (QED) is 0.565. The molecule has 0 radical (unpaired) electrons. The highest BCUT2D eigenvalue weighted by Crippen LogP contribution is 2.28. The van der Waals surface area contributed by atoms with Crippen molar-refractivity contribution in [3.63, 3.8) is 0 Å². The van der Waals surface area contributed by atoms with Crippen LogP contribution < -0.4 is 10.2 Å². The molecule has 3 rings (SSSR count). The van der Waals surface area contributed by atoms with Gasteiger partial charge in [-0.25, -0.2) is 8.42 Å². The molecule has 148 valence electrons. The summed E-state index contributed by atoms with van der Waals surface area (Å²) in [4.78, 5) is 24.8. The lowest BCUT2D eigenvalue weighted by atomic mass is 10.1.